The smallest absolute Gasteiger partial charge is 0.129 e. The van der Waals surface area contributed by atoms with Gasteiger partial charge in [0.15, 0.2) is 0 Å². The zero-order chi connectivity index (χ0) is 11.4. The summed E-state index contributed by atoms with van der Waals surface area (Å²) >= 11 is 5.92. The average Bonchev–Trinajstić information content (AvgIpc) is 2.30. The van der Waals surface area contributed by atoms with Gasteiger partial charge in [-0.2, -0.15) is 0 Å². The van der Waals surface area contributed by atoms with Crippen molar-refractivity contribution >= 4 is 11.6 Å². The zero-order valence-corrected chi connectivity index (χ0v) is 9.63. The zero-order valence-electron chi connectivity index (χ0n) is 8.88. The Kier molecular flexibility index (Phi) is 4.12. The highest BCUT2D eigenvalue weighted by molar-refractivity contribution is 6.31. The van der Waals surface area contributed by atoms with Crippen molar-refractivity contribution in [1.82, 2.24) is 10.4 Å². The molecule has 5 heteroatoms. The fourth-order valence-electron chi connectivity index (χ4n) is 1.61. The summed E-state index contributed by atoms with van der Waals surface area (Å²) in [4.78, 5) is 0. The Hall–Kier alpha value is -0.680. The maximum Gasteiger partial charge on any atom is 0.129 e. The van der Waals surface area contributed by atoms with Crippen LogP contribution >= 0.6 is 11.6 Å². The molecule has 16 heavy (non-hydrogen) atoms. The van der Waals surface area contributed by atoms with Crippen LogP contribution < -0.4 is 5.43 Å². The molecule has 0 bridgehead atoms. The first kappa shape index (κ1) is 11.8. The number of hydrazine groups is 1. The molecule has 1 saturated heterocycles. The fourth-order valence-corrected chi connectivity index (χ4v) is 1.84. The maximum absolute atomic E-state index is 13.4. The van der Waals surface area contributed by atoms with E-state index >= 15 is 0 Å². The minimum Gasteiger partial charge on any atom is -0.379 e. The second-order valence-electron chi connectivity index (χ2n) is 3.63. The van der Waals surface area contributed by atoms with Gasteiger partial charge in [0.05, 0.1) is 13.2 Å². The van der Waals surface area contributed by atoms with Crippen LogP contribution in [0.5, 0.6) is 0 Å². The Morgan fingerprint density at radius 2 is 2.12 bits per heavy atom. The summed E-state index contributed by atoms with van der Waals surface area (Å²) in [6.45, 7) is 3.44. The first-order chi connectivity index (χ1) is 7.77. The van der Waals surface area contributed by atoms with Gasteiger partial charge in [0.1, 0.15) is 5.82 Å². The number of nitrogens with zero attached hydrogens (tertiary/aromatic N) is 1. The molecular formula is C11H14ClFN2O. The summed E-state index contributed by atoms with van der Waals surface area (Å²) in [5, 5.41) is 2.48. The van der Waals surface area contributed by atoms with Gasteiger partial charge in [0.2, 0.25) is 0 Å². The van der Waals surface area contributed by atoms with E-state index in [4.69, 9.17) is 16.3 Å². The Labute approximate surface area is 99.1 Å². The number of hydrogen-bond acceptors (Lipinski definition) is 3. The van der Waals surface area contributed by atoms with Crippen molar-refractivity contribution in [1.29, 1.82) is 0 Å². The lowest BCUT2D eigenvalue weighted by Gasteiger charge is -2.27. The van der Waals surface area contributed by atoms with E-state index in [2.05, 4.69) is 5.43 Å². The molecule has 0 saturated carbocycles. The number of morpholine rings is 1. The molecule has 1 aliphatic heterocycles. The normalized spacial score (nSPS) is 17.6. The number of ether oxygens (including phenoxy) is 1. The van der Waals surface area contributed by atoms with E-state index in [0.29, 0.717) is 30.3 Å². The molecule has 1 fully saturated rings. The lowest BCUT2D eigenvalue weighted by atomic mass is 10.2. The van der Waals surface area contributed by atoms with Gasteiger partial charge >= 0.3 is 0 Å². The lowest BCUT2D eigenvalue weighted by Crippen LogP contribution is -2.45. The van der Waals surface area contributed by atoms with Crippen molar-refractivity contribution in [2.75, 3.05) is 26.3 Å². The van der Waals surface area contributed by atoms with Crippen LogP contribution in [0.15, 0.2) is 18.2 Å². The van der Waals surface area contributed by atoms with E-state index in [0.717, 1.165) is 13.1 Å². The Morgan fingerprint density at radius 3 is 2.81 bits per heavy atom. The first-order valence-corrected chi connectivity index (χ1v) is 5.64. The molecule has 0 amide bonds. The van der Waals surface area contributed by atoms with E-state index in [-0.39, 0.29) is 5.82 Å². The van der Waals surface area contributed by atoms with E-state index in [9.17, 15) is 4.39 Å². The van der Waals surface area contributed by atoms with Crippen LogP contribution in [0, 0.1) is 5.82 Å². The molecule has 1 aromatic rings. The molecule has 88 valence electrons. The third kappa shape index (κ3) is 2.92. The molecule has 1 N–H and O–H groups in total. The third-order valence-corrected chi connectivity index (χ3v) is 2.91. The molecule has 0 radical (unpaired) electrons. The second kappa shape index (κ2) is 5.59. The largest absolute Gasteiger partial charge is 0.379 e. The summed E-state index contributed by atoms with van der Waals surface area (Å²) in [5.74, 6) is -0.270. The van der Waals surface area contributed by atoms with Gasteiger partial charge in [0.25, 0.3) is 0 Å². The van der Waals surface area contributed by atoms with Gasteiger partial charge in [0, 0.05) is 30.2 Å². The Bertz CT molecular complexity index is 336. The summed E-state index contributed by atoms with van der Waals surface area (Å²) in [5.41, 5.74) is 3.66. The van der Waals surface area contributed by atoms with Gasteiger partial charge in [-0.3, -0.25) is 5.43 Å². The van der Waals surface area contributed by atoms with Crippen molar-refractivity contribution in [2.45, 2.75) is 6.54 Å². The van der Waals surface area contributed by atoms with Gasteiger partial charge in [-0.25, -0.2) is 9.40 Å². The summed E-state index contributed by atoms with van der Waals surface area (Å²) in [6.07, 6.45) is 0. The quantitative estimate of drug-likeness (QED) is 0.878. The van der Waals surface area contributed by atoms with Gasteiger partial charge < -0.3 is 4.74 Å². The monoisotopic (exact) mass is 244 g/mol. The first-order valence-electron chi connectivity index (χ1n) is 5.26. The maximum atomic E-state index is 13.4. The molecule has 3 nitrogen and oxygen atoms in total. The molecule has 2 rings (SSSR count). The van der Waals surface area contributed by atoms with Crippen molar-refractivity contribution < 1.29 is 9.13 Å². The summed E-state index contributed by atoms with van der Waals surface area (Å²) in [6, 6.07) is 4.72. The molecule has 1 heterocycles. The molecule has 0 spiro atoms. The van der Waals surface area contributed by atoms with Crippen LogP contribution in [0.4, 0.5) is 4.39 Å². The highest BCUT2D eigenvalue weighted by atomic mass is 35.5. The third-order valence-electron chi connectivity index (χ3n) is 2.55. The second-order valence-corrected chi connectivity index (χ2v) is 4.04. The minimum absolute atomic E-state index is 0.270. The highest BCUT2D eigenvalue weighted by Gasteiger charge is 2.12. The molecule has 1 aliphatic rings. The van der Waals surface area contributed by atoms with Crippen molar-refractivity contribution in [3.63, 3.8) is 0 Å². The van der Waals surface area contributed by atoms with Crippen molar-refractivity contribution in [2.24, 2.45) is 0 Å². The van der Waals surface area contributed by atoms with Crippen LogP contribution in [0.3, 0.4) is 0 Å². The van der Waals surface area contributed by atoms with E-state index in [1.165, 1.54) is 6.07 Å². The Balaban J connectivity index is 1.93. The number of halogens is 2. The van der Waals surface area contributed by atoms with E-state index < -0.39 is 0 Å². The predicted octanol–water partition coefficient (Wildman–Crippen LogP) is 1.82. The minimum atomic E-state index is -0.270. The Morgan fingerprint density at radius 1 is 1.38 bits per heavy atom. The molecular weight excluding hydrogens is 231 g/mol. The SMILES string of the molecule is Fc1cccc(Cl)c1CNN1CCOCC1. The van der Waals surface area contributed by atoms with Crippen molar-refractivity contribution in [3.05, 3.63) is 34.6 Å². The molecule has 0 atom stereocenters. The van der Waals surface area contributed by atoms with Crippen LogP contribution in [0.25, 0.3) is 0 Å². The highest BCUT2D eigenvalue weighted by Crippen LogP contribution is 2.18. The number of rotatable bonds is 3. The van der Waals surface area contributed by atoms with E-state index in [1.807, 2.05) is 5.01 Å². The number of hydrogen-bond donors (Lipinski definition) is 1. The van der Waals surface area contributed by atoms with Gasteiger partial charge in [-0.15, -0.1) is 0 Å². The molecule has 0 aliphatic carbocycles. The van der Waals surface area contributed by atoms with Gasteiger partial charge in [-0.1, -0.05) is 17.7 Å². The number of nitrogens with one attached hydrogen (secondary N) is 1. The van der Waals surface area contributed by atoms with Crippen molar-refractivity contribution in [3.8, 4) is 0 Å². The fraction of sp³-hybridized carbons (Fsp3) is 0.455. The number of benzene rings is 1. The lowest BCUT2D eigenvalue weighted by molar-refractivity contribution is 0.0104. The van der Waals surface area contributed by atoms with E-state index in [1.54, 1.807) is 12.1 Å². The van der Waals surface area contributed by atoms with Crippen LogP contribution in [-0.4, -0.2) is 31.3 Å². The van der Waals surface area contributed by atoms with Crippen LogP contribution in [-0.2, 0) is 11.3 Å². The molecule has 0 unspecified atom stereocenters. The molecule has 0 aromatic heterocycles. The standard InChI is InChI=1S/C11H14ClFN2O/c12-10-2-1-3-11(13)9(10)8-14-15-4-6-16-7-5-15/h1-3,14H,4-8H2. The van der Waals surface area contributed by atoms with Crippen LogP contribution in [0.1, 0.15) is 5.56 Å². The molecule has 1 aromatic carbocycles. The van der Waals surface area contributed by atoms with Gasteiger partial charge in [-0.05, 0) is 12.1 Å². The summed E-state index contributed by atoms with van der Waals surface area (Å²) in [7, 11) is 0. The summed E-state index contributed by atoms with van der Waals surface area (Å²) < 4.78 is 18.7. The van der Waals surface area contributed by atoms with Crippen LogP contribution in [0.2, 0.25) is 5.02 Å². The predicted molar refractivity (Wildman–Crippen MR) is 60.6 cm³/mol. The average molecular weight is 245 g/mol. The topological polar surface area (TPSA) is 24.5 Å².